The van der Waals surface area contributed by atoms with Crippen molar-refractivity contribution in [3.05, 3.63) is 35.3 Å². The summed E-state index contributed by atoms with van der Waals surface area (Å²) in [5.41, 5.74) is 1.11. The van der Waals surface area contributed by atoms with Crippen molar-refractivity contribution in [2.45, 2.75) is 4.34 Å². The van der Waals surface area contributed by atoms with Crippen molar-refractivity contribution in [2.24, 2.45) is 0 Å². The number of hydrogen-bond donors (Lipinski definition) is 1. The van der Waals surface area contributed by atoms with E-state index < -0.39 is 23.2 Å². The summed E-state index contributed by atoms with van der Waals surface area (Å²) >= 11 is 2.44. The SMILES string of the molecule is O=C(CSc1nncs1)Nc1c(F)cccc1F. The fraction of sp³-hybridized carbons (Fsp3) is 0.100. The molecule has 1 heterocycles. The zero-order valence-corrected chi connectivity index (χ0v) is 10.5. The van der Waals surface area contributed by atoms with E-state index in [9.17, 15) is 13.6 Å². The number of para-hydroxylation sites is 1. The van der Waals surface area contributed by atoms with Crippen LogP contribution in [0.15, 0.2) is 28.0 Å². The third-order valence-electron chi connectivity index (χ3n) is 1.89. The fourth-order valence-corrected chi connectivity index (χ4v) is 2.43. The second-order valence-corrected chi connectivity index (χ2v) is 5.19. The number of hydrogen-bond acceptors (Lipinski definition) is 5. The molecule has 0 bridgehead atoms. The normalized spacial score (nSPS) is 10.3. The monoisotopic (exact) mass is 287 g/mol. The average Bonchev–Trinajstić information content (AvgIpc) is 2.84. The maximum absolute atomic E-state index is 13.2. The highest BCUT2D eigenvalue weighted by atomic mass is 32.2. The van der Waals surface area contributed by atoms with Crippen LogP contribution in [0.25, 0.3) is 0 Å². The van der Waals surface area contributed by atoms with E-state index in [4.69, 9.17) is 0 Å². The number of aromatic nitrogens is 2. The maximum Gasteiger partial charge on any atom is 0.234 e. The molecular formula is C10H7F2N3OS2. The van der Waals surface area contributed by atoms with E-state index in [1.54, 1.807) is 0 Å². The van der Waals surface area contributed by atoms with Crippen molar-refractivity contribution < 1.29 is 13.6 Å². The zero-order valence-electron chi connectivity index (χ0n) is 8.89. The van der Waals surface area contributed by atoms with Crippen molar-refractivity contribution in [2.75, 3.05) is 11.1 Å². The molecule has 4 nitrogen and oxygen atoms in total. The van der Waals surface area contributed by atoms with Gasteiger partial charge in [0.2, 0.25) is 5.91 Å². The molecule has 1 aromatic heterocycles. The van der Waals surface area contributed by atoms with Crippen LogP contribution in [-0.2, 0) is 4.79 Å². The van der Waals surface area contributed by atoms with E-state index in [1.165, 1.54) is 22.9 Å². The third-order valence-corrected chi connectivity index (χ3v) is 3.75. The minimum absolute atomic E-state index is 0.0168. The molecule has 1 aromatic carbocycles. The van der Waals surface area contributed by atoms with Gasteiger partial charge in [0, 0.05) is 0 Å². The smallest absolute Gasteiger partial charge is 0.234 e. The molecule has 18 heavy (non-hydrogen) atoms. The van der Waals surface area contributed by atoms with Crippen molar-refractivity contribution in [3.8, 4) is 0 Å². The molecule has 0 saturated heterocycles. The number of anilines is 1. The van der Waals surface area contributed by atoms with Gasteiger partial charge in [0.25, 0.3) is 0 Å². The standard InChI is InChI=1S/C10H7F2N3OS2/c11-6-2-1-3-7(12)9(6)14-8(16)4-17-10-15-13-5-18-10/h1-3,5H,4H2,(H,14,16). The average molecular weight is 287 g/mol. The molecular weight excluding hydrogens is 280 g/mol. The summed E-state index contributed by atoms with van der Waals surface area (Å²) in [6.07, 6.45) is 0. The van der Waals surface area contributed by atoms with Crippen molar-refractivity contribution in [1.82, 2.24) is 10.2 Å². The van der Waals surface area contributed by atoms with Gasteiger partial charge < -0.3 is 5.32 Å². The van der Waals surface area contributed by atoms with Gasteiger partial charge in [0.1, 0.15) is 22.8 Å². The molecule has 0 spiro atoms. The van der Waals surface area contributed by atoms with Gasteiger partial charge in [-0.05, 0) is 12.1 Å². The molecule has 0 saturated carbocycles. The summed E-state index contributed by atoms with van der Waals surface area (Å²) in [6.45, 7) is 0. The first kappa shape index (κ1) is 12.9. The Morgan fingerprint density at radius 2 is 2.11 bits per heavy atom. The van der Waals surface area contributed by atoms with Crippen LogP contribution in [0.4, 0.5) is 14.5 Å². The first-order chi connectivity index (χ1) is 8.66. The highest BCUT2D eigenvalue weighted by Crippen LogP contribution is 2.21. The van der Waals surface area contributed by atoms with Crippen LogP contribution in [0.1, 0.15) is 0 Å². The fourth-order valence-electron chi connectivity index (χ4n) is 1.15. The summed E-state index contributed by atoms with van der Waals surface area (Å²) < 4.78 is 27.1. The van der Waals surface area contributed by atoms with Crippen LogP contribution in [0.2, 0.25) is 0 Å². The van der Waals surface area contributed by atoms with E-state index >= 15 is 0 Å². The Balaban J connectivity index is 1.95. The molecule has 0 fully saturated rings. The Morgan fingerprint density at radius 3 is 2.72 bits per heavy atom. The van der Waals surface area contributed by atoms with Crippen molar-refractivity contribution in [1.29, 1.82) is 0 Å². The first-order valence-corrected chi connectivity index (χ1v) is 6.66. The molecule has 1 amide bonds. The van der Waals surface area contributed by atoms with E-state index in [0.29, 0.717) is 4.34 Å². The Bertz CT molecular complexity index is 528. The van der Waals surface area contributed by atoms with Gasteiger partial charge in [0.05, 0.1) is 5.75 Å². The second kappa shape index (κ2) is 5.87. The predicted molar refractivity (Wildman–Crippen MR) is 65.6 cm³/mol. The molecule has 2 rings (SSSR count). The highest BCUT2D eigenvalue weighted by molar-refractivity contribution is 8.01. The lowest BCUT2D eigenvalue weighted by molar-refractivity contribution is -0.113. The number of nitrogens with one attached hydrogen (secondary N) is 1. The summed E-state index contributed by atoms with van der Waals surface area (Å²) in [5, 5.41) is 9.53. The minimum atomic E-state index is -0.802. The van der Waals surface area contributed by atoms with Gasteiger partial charge >= 0.3 is 0 Å². The van der Waals surface area contributed by atoms with Crippen LogP contribution in [0.3, 0.4) is 0 Å². The van der Waals surface area contributed by atoms with E-state index in [-0.39, 0.29) is 5.75 Å². The summed E-state index contributed by atoms with van der Waals surface area (Å²) in [7, 11) is 0. The van der Waals surface area contributed by atoms with Crippen LogP contribution in [0, 0.1) is 11.6 Å². The van der Waals surface area contributed by atoms with E-state index in [0.717, 1.165) is 23.9 Å². The van der Waals surface area contributed by atoms with E-state index in [2.05, 4.69) is 15.5 Å². The summed E-state index contributed by atoms with van der Waals surface area (Å²) in [5.74, 6) is -2.09. The first-order valence-electron chi connectivity index (χ1n) is 4.79. The topological polar surface area (TPSA) is 54.9 Å². The van der Waals surface area contributed by atoms with Crippen molar-refractivity contribution in [3.63, 3.8) is 0 Å². The molecule has 0 aliphatic carbocycles. The van der Waals surface area contributed by atoms with E-state index in [1.807, 2.05) is 0 Å². The second-order valence-electron chi connectivity index (χ2n) is 3.14. The van der Waals surface area contributed by atoms with Crippen LogP contribution < -0.4 is 5.32 Å². The Labute approximate surface area is 109 Å². The molecule has 0 aliphatic rings. The number of nitrogens with zero attached hydrogens (tertiary/aromatic N) is 2. The predicted octanol–water partition coefficient (Wildman–Crippen LogP) is 2.55. The third kappa shape index (κ3) is 3.23. The number of benzene rings is 1. The molecule has 2 aromatic rings. The number of carbonyl (C=O) groups is 1. The van der Waals surface area contributed by atoms with Crippen LogP contribution >= 0.6 is 23.1 Å². The summed E-state index contributed by atoms with van der Waals surface area (Å²) in [6, 6.07) is 3.39. The zero-order chi connectivity index (χ0) is 13.0. The largest absolute Gasteiger partial charge is 0.320 e. The van der Waals surface area contributed by atoms with Gasteiger partial charge in [-0.1, -0.05) is 29.2 Å². The van der Waals surface area contributed by atoms with Crippen LogP contribution in [0.5, 0.6) is 0 Å². The number of thioether (sulfide) groups is 1. The minimum Gasteiger partial charge on any atom is -0.320 e. The Morgan fingerprint density at radius 1 is 1.39 bits per heavy atom. The highest BCUT2D eigenvalue weighted by Gasteiger charge is 2.12. The molecule has 0 radical (unpaired) electrons. The molecule has 1 N–H and O–H groups in total. The number of halogens is 2. The Hall–Kier alpha value is -1.54. The lowest BCUT2D eigenvalue weighted by Crippen LogP contribution is -2.16. The van der Waals surface area contributed by atoms with Crippen LogP contribution in [-0.4, -0.2) is 21.9 Å². The van der Waals surface area contributed by atoms with Gasteiger partial charge in [0.15, 0.2) is 4.34 Å². The summed E-state index contributed by atoms with van der Waals surface area (Å²) in [4.78, 5) is 11.5. The molecule has 8 heteroatoms. The number of rotatable bonds is 4. The van der Waals surface area contributed by atoms with Gasteiger partial charge in [-0.15, -0.1) is 10.2 Å². The Kier molecular flexibility index (Phi) is 4.21. The van der Waals surface area contributed by atoms with Gasteiger partial charge in [-0.25, -0.2) is 8.78 Å². The lowest BCUT2D eigenvalue weighted by atomic mass is 10.3. The number of carbonyl (C=O) groups excluding carboxylic acids is 1. The molecule has 0 aliphatic heterocycles. The lowest BCUT2D eigenvalue weighted by Gasteiger charge is -2.06. The van der Waals surface area contributed by atoms with Crippen molar-refractivity contribution >= 4 is 34.7 Å². The molecule has 94 valence electrons. The number of amides is 1. The molecule has 0 unspecified atom stereocenters. The van der Waals surface area contributed by atoms with Gasteiger partial charge in [-0.3, -0.25) is 4.79 Å². The quantitative estimate of drug-likeness (QED) is 0.878. The molecule has 0 atom stereocenters. The van der Waals surface area contributed by atoms with Gasteiger partial charge in [-0.2, -0.15) is 0 Å². The maximum atomic E-state index is 13.2.